The fraction of sp³-hybridized carbons (Fsp3) is 0.381. The van der Waals surface area contributed by atoms with E-state index in [0.29, 0.717) is 29.5 Å². The highest BCUT2D eigenvalue weighted by Crippen LogP contribution is 2.32. The molecule has 2 heterocycles. The molecule has 1 unspecified atom stereocenters. The van der Waals surface area contributed by atoms with E-state index in [4.69, 9.17) is 9.47 Å². The third-order valence-electron chi connectivity index (χ3n) is 5.25. The van der Waals surface area contributed by atoms with E-state index in [1.165, 1.54) is 17.5 Å². The predicted molar refractivity (Wildman–Crippen MR) is 99.9 cm³/mol. The van der Waals surface area contributed by atoms with Gasteiger partial charge in [-0.1, -0.05) is 24.3 Å². The number of carbonyl (C=O) groups is 1. The molecule has 2 aromatic carbocycles. The van der Waals surface area contributed by atoms with E-state index in [-0.39, 0.29) is 12.7 Å². The van der Waals surface area contributed by atoms with E-state index in [2.05, 4.69) is 41.4 Å². The number of ether oxygens (including phenoxy) is 2. The van der Waals surface area contributed by atoms with Crippen molar-refractivity contribution in [1.29, 1.82) is 0 Å². The average molecular weight is 352 g/mol. The molecule has 0 bridgehead atoms. The van der Waals surface area contributed by atoms with Crippen LogP contribution in [0.4, 0.5) is 0 Å². The minimum Gasteiger partial charge on any atom is -0.454 e. The quantitative estimate of drug-likeness (QED) is 0.899. The minimum absolute atomic E-state index is 0.0713. The minimum atomic E-state index is -0.0713. The first-order valence-electron chi connectivity index (χ1n) is 9.16. The Balaban J connectivity index is 1.26. The summed E-state index contributed by atoms with van der Waals surface area (Å²) in [5.41, 5.74) is 3.43. The predicted octanol–water partition coefficient (Wildman–Crippen LogP) is 2.94. The Labute approximate surface area is 153 Å². The molecule has 2 aliphatic heterocycles. The molecule has 0 saturated carbocycles. The van der Waals surface area contributed by atoms with E-state index in [1.807, 2.05) is 0 Å². The van der Waals surface area contributed by atoms with Crippen LogP contribution in [0.1, 0.15) is 33.8 Å². The molecule has 1 amide bonds. The molecule has 0 radical (unpaired) electrons. The number of hydrogen-bond acceptors (Lipinski definition) is 4. The van der Waals surface area contributed by atoms with Gasteiger partial charge in [0, 0.05) is 25.2 Å². The van der Waals surface area contributed by atoms with Gasteiger partial charge in [-0.2, -0.15) is 0 Å². The van der Waals surface area contributed by atoms with Crippen LogP contribution in [-0.4, -0.2) is 43.8 Å². The van der Waals surface area contributed by atoms with Crippen LogP contribution in [0.5, 0.6) is 11.5 Å². The van der Waals surface area contributed by atoms with Crippen molar-refractivity contribution in [2.75, 3.05) is 33.0 Å². The molecule has 5 heteroatoms. The SMILES string of the molecule is Cc1ccccc1C1CCN(CCNC(=O)c2ccc3c(c2)OCO3)C1. The molecular weight excluding hydrogens is 328 g/mol. The Hall–Kier alpha value is -2.53. The summed E-state index contributed by atoms with van der Waals surface area (Å²) < 4.78 is 10.6. The van der Waals surface area contributed by atoms with Crippen molar-refractivity contribution in [3.8, 4) is 11.5 Å². The molecule has 1 atom stereocenters. The van der Waals surface area contributed by atoms with Crippen LogP contribution in [-0.2, 0) is 0 Å². The highest BCUT2D eigenvalue weighted by Gasteiger charge is 2.24. The fourth-order valence-electron chi connectivity index (χ4n) is 3.80. The Kier molecular flexibility index (Phi) is 4.80. The lowest BCUT2D eigenvalue weighted by atomic mass is 9.94. The molecule has 1 fully saturated rings. The lowest BCUT2D eigenvalue weighted by Gasteiger charge is -2.17. The van der Waals surface area contributed by atoms with Gasteiger partial charge in [-0.3, -0.25) is 4.79 Å². The maximum absolute atomic E-state index is 12.3. The van der Waals surface area contributed by atoms with Crippen molar-refractivity contribution >= 4 is 5.91 Å². The number of nitrogens with zero attached hydrogens (tertiary/aromatic N) is 1. The molecule has 136 valence electrons. The second kappa shape index (κ2) is 7.38. The van der Waals surface area contributed by atoms with Crippen LogP contribution in [0.2, 0.25) is 0 Å². The van der Waals surface area contributed by atoms with Crippen molar-refractivity contribution in [2.45, 2.75) is 19.3 Å². The summed E-state index contributed by atoms with van der Waals surface area (Å²) in [5.74, 6) is 1.86. The maximum atomic E-state index is 12.3. The largest absolute Gasteiger partial charge is 0.454 e. The van der Waals surface area contributed by atoms with Gasteiger partial charge < -0.3 is 19.7 Å². The molecule has 2 aromatic rings. The third kappa shape index (κ3) is 3.53. The van der Waals surface area contributed by atoms with Crippen LogP contribution >= 0.6 is 0 Å². The van der Waals surface area contributed by atoms with E-state index in [1.54, 1.807) is 18.2 Å². The molecule has 1 N–H and O–H groups in total. The Morgan fingerprint density at radius 1 is 1.19 bits per heavy atom. The number of rotatable bonds is 5. The topological polar surface area (TPSA) is 50.8 Å². The van der Waals surface area contributed by atoms with Gasteiger partial charge in [0.25, 0.3) is 5.91 Å². The molecule has 0 aliphatic carbocycles. The van der Waals surface area contributed by atoms with Gasteiger partial charge in [0.1, 0.15) is 0 Å². The maximum Gasteiger partial charge on any atom is 0.251 e. The second-order valence-electron chi connectivity index (χ2n) is 6.97. The number of fused-ring (bicyclic) bond motifs is 1. The lowest BCUT2D eigenvalue weighted by Crippen LogP contribution is -2.33. The number of nitrogens with one attached hydrogen (secondary N) is 1. The van der Waals surface area contributed by atoms with Crippen LogP contribution < -0.4 is 14.8 Å². The van der Waals surface area contributed by atoms with Gasteiger partial charge in [0.2, 0.25) is 6.79 Å². The number of aryl methyl sites for hydroxylation is 1. The first-order chi connectivity index (χ1) is 12.7. The lowest BCUT2D eigenvalue weighted by molar-refractivity contribution is 0.0949. The van der Waals surface area contributed by atoms with E-state index in [0.717, 1.165) is 19.6 Å². The van der Waals surface area contributed by atoms with Gasteiger partial charge in [-0.05, 0) is 55.1 Å². The average Bonchev–Trinajstić information content (AvgIpc) is 3.30. The summed E-state index contributed by atoms with van der Waals surface area (Å²) in [4.78, 5) is 14.8. The van der Waals surface area contributed by atoms with Crippen LogP contribution in [0.3, 0.4) is 0 Å². The van der Waals surface area contributed by atoms with Crippen molar-refractivity contribution in [3.63, 3.8) is 0 Å². The number of hydrogen-bond donors (Lipinski definition) is 1. The number of carbonyl (C=O) groups excluding carboxylic acids is 1. The Morgan fingerprint density at radius 2 is 2.04 bits per heavy atom. The van der Waals surface area contributed by atoms with Gasteiger partial charge in [-0.25, -0.2) is 0 Å². The standard InChI is InChI=1S/C21H24N2O3/c1-15-4-2-3-5-18(15)17-8-10-23(13-17)11-9-22-21(24)16-6-7-19-20(12-16)26-14-25-19/h2-7,12,17H,8-11,13-14H2,1H3,(H,22,24). The zero-order valence-corrected chi connectivity index (χ0v) is 15.0. The highest BCUT2D eigenvalue weighted by molar-refractivity contribution is 5.94. The van der Waals surface area contributed by atoms with Crippen molar-refractivity contribution in [1.82, 2.24) is 10.2 Å². The van der Waals surface area contributed by atoms with Gasteiger partial charge >= 0.3 is 0 Å². The Bertz CT molecular complexity index is 806. The zero-order valence-electron chi connectivity index (χ0n) is 15.0. The fourth-order valence-corrected chi connectivity index (χ4v) is 3.80. The molecule has 0 aromatic heterocycles. The second-order valence-corrected chi connectivity index (χ2v) is 6.97. The van der Waals surface area contributed by atoms with Crippen molar-refractivity contribution < 1.29 is 14.3 Å². The summed E-state index contributed by atoms with van der Waals surface area (Å²) in [7, 11) is 0. The monoisotopic (exact) mass is 352 g/mol. The number of likely N-dealkylation sites (tertiary alicyclic amines) is 1. The molecule has 2 aliphatic rings. The first-order valence-corrected chi connectivity index (χ1v) is 9.16. The van der Waals surface area contributed by atoms with Gasteiger partial charge in [0.05, 0.1) is 0 Å². The highest BCUT2D eigenvalue weighted by atomic mass is 16.7. The summed E-state index contributed by atoms with van der Waals surface area (Å²) in [6.07, 6.45) is 1.18. The molecule has 5 nitrogen and oxygen atoms in total. The summed E-state index contributed by atoms with van der Waals surface area (Å²) in [6, 6.07) is 13.9. The zero-order chi connectivity index (χ0) is 17.9. The van der Waals surface area contributed by atoms with Gasteiger partial charge in [0.15, 0.2) is 11.5 Å². The Morgan fingerprint density at radius 3 is 2.92 bits per heavy atom. The van der Waals surface area contributed by atoms with E-state index in [9.17, 15) is 4.79 Å². The van der Waals surface area contributed by atoms with Crippen LogP contribution in [0.15, 0.2) is 42.5 Å². The van der Waals surface area contributed by atoms with Crippen molar-refractivity contribution in [2.24, 2.45) is 0 Å². The normalized spacial score (nSPS) is 18.9. The summed E-state index contributed by atoms with van der Waals surface area (Å²) in [5, 5.41) is 3.01. The summed E-state index contributed by atoms with van der Waals surface area (Å²) >= 11 is 0. The molecule has 26 heavy (non-hydrogen) atoms. The van der Waals surface area contributed by atoms with Crippen molar-refractivity contribution in [3.05, 3.63) is 59.2 Å². The third-order valence-corrected chi connectivity index (χ3v) is 5.25. The first kappa shape index (κ1) is 16.9. The molecular formula is C21H24N2O3. The van der Waals surface area contributed by atoms with Crippen LogP contribution in [0.25, 0.3) is 0 Å². The number of amides is 1. The molecule has 0 spiro atoms. The number of benzene rings is 2. The van der Waals surface area contributed by atoms with Gasteiger partial charge in [-0.15, -0.1) is 0 Å². The smallest absolute Gasteiger partial charge is 0.251 e. The molecule has 1 saturated heterocycles. The van der Waals surface area contributed by atoms with Crippen LogP contribution in [0, 0.1) is 6.92 Å². The molecule has 4 rings (SSSR count). The van der Waals surface area contributed by atoms with E-state index < -0.39 is 0 Å². The summed E-state index contributed by atoms with van der Waals surface area (Å²) in [6.45, 7) is 6.07. The van der Waals surface area contributed by atoms with E-state index >= 15 is 0 Å².